The Balaban J connectivity index is 2.08. The number of aliphatic hydroxyl groups excluding tert-OH is 1. The van der Waals surface area contributed by atoms with Crippen molar-refractivity contribution in [1.82, 2.24) is 4.90 Å². The molecule has 0 bridgehead atoms. The van der Waals surface area contributed by atoms with Crippen LogP contribution in [0.4, 0.5) is 0 Å². The fourth-order valence-corrected chi connectivity index (χ4v) is 3.68. The van der Waals surface area contributed by atoms with Gasteiger partial charge >= 0.3 is 0 Å². The molecular formula is C24H27NO6. The van der Waals surface area contributed by atoms with Gasteiger partial charge in [0, 0.05) is 25.8 Å². The van der Waals surface area contributed by atoms with Crippen LogP contribution in [0.2, 0.25) is 0 Å². The van der Waals surface area contributed by atoms with Crippen molar-refractivity contribution in [2.45, 2.75) is 19.4 Å². The number of methoxy groups -OCH3 is 2. The van der Waals surface area contributed by atoms with Gasteiger partial charge in [-0.1, -0.05) is 12.1 Å². The van der Waals surface area contributed by atoms with E-state index in [4.69, 9.17) is 14.2 Å². The predicted octanol–water partition coefficient (Wildman–Crippen LogP) is 3.55. The first-order chi connectivity index (χ1) is 15.0. The minimum Gasteiger partial charge on any atom is -0.507 e. The Morgan fingerprint density at radius 2 is 1.81 bits per heavy atom. The molecular weight excluding hydrogens is 398 g/mol. The van der Waals surface area contributed by atoms with E-state index in [9.17, 15) is 14.7 Å². The van der Waals surface area contributed by atoms with Crippen LogP contribution in [0, 0.1) is 0 Å². The van der Waals surface area contributed by atoms with E-state index in [0.717, 1.165) is 0 Å². The van der Waals surface area contributed by atoms with Gasteiger partial charge in [0.25, 0.3) is 11.7 Å². The van der Waals surface area contributed by atoms with Crippen LogP contribution in [0.25, 0.3) is 5.76 Å². The molecule has 0 aliphatic carbocycles. The number of likely N-dealkylation sites (tertiary alicyclic amines) is 1. The van der Waals surface area contributed by atoms with Gasteiger partial charge in [-0.05, 0) is 55.3 Å². The highest BCUT2D eigenvalue weighted by molar-refractivity contribution is 6.46. The third-order valence-electron chi connectivity index (χ3n) is 5.14. The first-order valence-electron chi connectivity index (χ1n) is 10.2. The second-order valence-corrected chi connectivity index (χ2v) is 7.07. The highest BCUT2D eigenvalue weighted by atomic mass is 16.5. The van der Waals surface area contributed by atoms with Gasteiger partial charge in [-0.15, -0.1) is 0 Å². The van der Waals surface area contributed by atoms with Gasteiger partial charge < -0.3 is 24.2 Å². The van der Waals surface area contributed by atoms with Crippen LogP contribution in [0.1, 0.15) is 30.5 Å². The second kappa shape index (κ2) is 10.1. The SMILES string of the molecule is CCOc1ccc(C(O)=C2C(=O)C(=O)N(CCCOC)C2c2cccc(OC)c2)cc1. The number of carbonyl (C=O) groups excluding carboxylic acids is 2. The maximum Gasteiger partial charge on any atom is 0.295 e. The molecule has 1 saturated heterocycles. The van der Waals surface area contributed by atoms with E-state index in [-0.39, 0.29) is 11.3 Å². The molecule has 0 aromatic heterocycles. The van der Waals surface area contributed by atoms with Crippen molar-refractivity contribution in [2.75, 3.05) is 34.0 Å². The molecule has 1 heterocycles. The minimum atomic E-state index is -0.724. The summed E-state index contributed by atoms with van der Waals surface area (Å²) in [5.41, 5.74) is 1.18. The molecule has 1 unspecified atom stereocenters. The van der Waals surface area contributed by atoms with Crippen LogP contribution >= 0.6 is 0 Å². The molecule has 0 radical (unpaired) electrons. The van der Waals surface area contributed by atoms with E-state index in [1.54, 1.807) is 56.7 Å². The number of benzene rings is 2. The van der Waals surface area contributed by atoms with Crippen molar-refractivity contribution in [3.63, 3.8) is 0 Å². The van der Waals surface area contributed by atoms with Crippen molar-refractivity contribution >= 4 is 17.4 Å². The Morgan fingerprint density at radius 3 is 2.45 bits per heavy atom. The first-order valence-corrected chi connectivity index (χ1v) is 10.2. The number of nitrogens with zero attached hydrogens (tertiary/aromatic N) is 1. The number of aliphatic hydroxyl groups is 1. The number of amides is 1. The summed E-state index contributed by atoms with van der Waals surface area (Å²) in [5.74, 6) is -0.319. The van der Waals surface area contributed by atoms with E-state index in [0.29, 0.717) is 48.8 Å². The molecule has 0 spiro atoms. The molecule has 7 heteroatoms. The van der Waals surface area contributed by atoms with Gasteiger partial charge in [-0.3, -0.25) is 9.59 Å². The van der Waals surface area contributed by atoms with Crippen molar-refractivity contribution in [1.29, 1.82) is 0 Å². The van der Waals surface area contributed by atoms with Gasteiger partial charge in [0.1, 0.15) is 17.3 Å². The minimum absolute atomic E-state index is 0.0554. The normalized spacial score (nSPS) is 17.8. The molecule has 1 atom stereocenters. The summed E-state index contributed by atoms with van der Waals surface area (Å²) in [7, 11) is 3.13. The zero-order valence-electron chi connectivity index (χ0n) is 18.0. The summed E-state index contributed by atoms with van der Waals surface area (Å²) >= 11 is 0. The Kier molecular flexibility index (Phi) is 7.31. The third kappa shape index (κ3) is 4.72. The van der Waals surface area contributed by atoms with Crippen LogP contribution in [-0.2, 0) is 14.3 Å². The van der Waals surface area contributed by atoms with Crippen molar-refractivity contribution in [3.8, 4) is 11.5 Å². The second-order valence-electron chi connectivity index (χ2n) is 7.07. The number of rotatable bonds is 9. The van der Waals surface area contributed by atoms with E-state index in [2.05, 4.69) is 0 Å². The summed E-state index contributed by atoms with van der Waals surface area (Å²) in [6.07, 6.45) is 0.563. The maximum atomic E-state index is 13.0. The average molecular weight is 425 g/mol. The van der Waals surface area contributed by atoms with E-state index in [1.165, 1.54) is 4.90 Å². The molecule has 1 aliphatic rings. The Bertz CT molecular complexity index is 966. The fourth-order valence-electron chi connectivity index (χ4n) is 3.68. The lowest BCUT2D eigenvalue weighted by Crippen LogP contribution is -2.31. The quantitative estimate of drug-likeness (QED) is 0.286. The van der Waals surface area contributed by atoms with E-state index < -0.39 is 17.7 Å². The number of carbonyl (C=O) groups is 2. The topological polar surface area (TPSA) is 85.3 Å². The van der Waals surface area contributed by atoms with Crippen LogP contribution in [0.5, 0.6) is 11.5 Å². The Morgan fingerprint density at radius 1 is 1.06 bits per heavy atom. The Hall–Kier alpha value is -3.32. The van der Waals surface area contributed by atoms with Crippen molar-refractivity contribution in [3.05, 3.63) is 65.2 Å². The van der Waals surface area contributed by atoms with Crippen molar-refractivity contribution < 1.29 is 28.9 Å². The molecule has 3 rings (SSSR count). The molecule has 0 saturated carbocycles. The molecule has 1 N–H and O–H groups in total. The molecule has 31 heavy (non-hydrogen) atoms. The summed E-state index contributed by atoms with van der Waals surface area (Å²) < 4.78 is 15.9. The summed E-state index contributed by atoms with van der Waals surface area (Å²) in [6, 6.07) is 13.2. The molecule has 164 valence electrons. The monoisotopic (exact) mass is 425 g/mol. The van der Waals surface area contributed by atoms with Crippen molar-refractivity contribution in [2.24, 2.45) is 0 Å². The highest BCUT2D eigenvalue weighted by Gasteiger charge is 2.45. The number of hydrogen-bond donors (Lipinski definition) is 1. The van der Waals surface area contributed by atoms with Gasteiger partial charge in [-0.2, -0.15) is 0 Å². The number of Topliss-reactive ketones (excluding diaryl/α,β-unsaturated/α-hetero) is 1. The maximum absolute atomic E-state index is 13.0. The summed E-state index contributed by atoms with van der Waals surface area (Å²) in [5, 5.41) is 11.1. The molecule has 1 fully saturated rings. The summed E-state index contributed by atoms with van der Waals surface area (Å²) in [6.45, 7) is 3.17. The van der Waals surface area contributed by atoms with Crippen LogP contribution < -0.4 is 9.47 Å². The molecule has 7 nitrogen and oxygen atoms in total. The number of ether oxygens (including phenoxy) is 3. The largest absolute Gasteiger partial charge is 0.507 e. The zero-order valence-corrected chi connectivity index (χ0v) is 18.0. The Labute approximate surface area is 181 Å². The third-order valence-corrected chi connectivity index (χ3v) is 5.14. The first kappa shape index (κ1) is 22.4. The lowest BCUT2D eigenvalue weighted by Gasteiger charge is -2.25. The van der Waals surface area contributed by atoms with Crippen LogP contribution in [0.15, 0.2) is 54.1 Å². The molecule has 2 aromatic rings. The van der Waals surface area contributed by atoms with Gasteiger partial charge in [0.15, 0.2) is 0 Å². The fraction of sp³-hybridized carbons (Fsp3) is 0.333. The summed E-state index contributed by atoms with van der Waals surface area (Å²) in [4.78, 5) is 27.3. The number of hydrogen-bond acceptors (Lipinski definition) is 6. The smallest absolute Gasteiger partial charge is 0.295 e. The zero-order chi connectivity index (χ0) is 22.4. The molecule has 1 aliphatic heterocycles. The van der Waals surface area contributed by atoms with Gasteiger partial charge in [0.05, 0.1) is 25.3 Å². The van der Waals surface area contributed by atoms with Gasteiger partial charge in [0.2, 0.25) is 0 Å². The van der Waals surface area contributed by atoms with E-state index >= 15 is 0 Å². The van der Waals surface area contributed by atoms with E-state index in [1.807, 2.05) is 13.0 Å². The standard InChI is InChI=1S/C24H27NO6/c1-4-31-18-11-9-16(10-12-18)22(26)20-21(17-7-5-8-19(15-17)30-3)25(13-6-14-29-2)24(28)23(20)27/h5,7-12,15,21,26H,4,6,13-14H2,1-3H3. The molecule has 1 amide bonds. The predicted molar refractivity (Wildman–Crippen MR) is 116 cm³/mol. The van der Waals surface area contributed by atoms with Gasteiger partial charge in [-0.25, -0.2) is 0 Å². The average Bonchev–Trinajstić information content (AvgIpc) is 3.04. The number of ketones is 1. The lowest BCUT2D eigenvalue weighted by molar-refractivity contribution is -0.140. The highest BCUT2D eigenvalue weighted by Crippen LogP contribution is 2.40. The molecule has 2 aromatic carbocycles. The van der Waals surface area contributed by atoms with Crippen LogP contribution in [-0.4, -0.2) is 55.7 Å². The van der Waals surface area contributed by atoms with Crippen LogP contribution in [0.3, 0.4) is 0 Å². The lowest BCUT2D eigenvalue weighted by atomic mass is 9.95.